The van der Waals surface area contributed by atoms with Gasteiger partial charge in [-0.05, 0) is 37.1 Å². The minimum absolute atomic E-state index is 0. The van der Waals surface area contributed by atoms with Crippen LogP contribution < -0.4 is 10.6 Å². The maximum Gasteiger partial charge on any atom is 0.237 e. The number of piperidine rings is 1. The number of hydrogen-bond donors (Lipinski definition) is 2. The number of halogens is 2. The van der Waals surface area contributed by atoms with Crippen LogP contribution in [0.5, 0.6) is 0 Å². The van der Waals surface area contributed by atoms with Crippen molar-refractivity contribution >= 4 is 29.9 Å². The van der Waals surface area contributed by atoms with Gasteiger partial charge in [0.15, 0.2) is 0 Å². The van der Waals surface area contributed by atoms with E-state index in [0.717, 1.165) is 31.4 Å². The van der Waals surface area contributed by atoms with Crippen LogP contribution in [0.2, 0.25) is 5.02 Å². The van der Waals surface area contributed by atoms with E-state index in [9.17, 15) is 4.79 Å². The van der Waals surface area contributed by atoms with Crippen molar-refractivity contribution in [3.05, 3.63) is 34.9 Å². The number of carbonyl (C=O) groups excluding carboxylic acids is 1. The van der Waals surface area contributed by atoms with E-state index in [4.69, 9.17) is 11.6 Å². The summed E-state index contributed by atoms with van der Waals surface area (Å²) in [6, 6.07) is 7.53. The zero-order valence-corrected chi connectivity index (χ0v) is 11.7. The highest BCUT2D eigenvalue weighted by atomic mass is 35.5. The van der Waals surface area contributed by atoms with Crippen molar-refractivity contribution < 1.29 is 4.79 Å². The highest BCUT2D eigenvalue weighted by molar-refractivity contribution is 6.30. The van der Waals surface area contributed by atoms with Crippen molar-refractivity contribution in [2.75, 3.05) is 6.54 Å². The van der Waals surface area contributed by atoms with Crippen molar-refractivity contribution in [2.45, 2.75) is 31.8 Å². The highest BCUT2D eigenvalue weighted by Crippen LogP contribution is 2.11. The van der Waals surface area contributed by atoms with Crippen LogP contribution >= 0.6 is 24.0 Å². The number of carbonyl (C=O) groups is 1. The molecule has 1 aliphatic heterocycles. The Balaban J connectivity index is 0.00000162. The second kappa shape index (κ2) is 7.62. The van der Waals surface area contributed by atoms with Crippen molar-refractivity contribution in [3.8, 4) is 0 Å². The molecule has 0 unspecified atom stereocenters. The monoisotopic (exact) mass is 288 g/mol. The average Bonchev–Trinajstić information content (AvgIpc) is 2.37. The van der Waals surface area contributed by atoms with E-state index in [2.05, 4.69) is 10.6 Å². The first-order valence-corrected chi connectivity index (χ1v) is 6.39. The zero-order valence-electron chi connectivity index (χ0n) is 10.1. The SMILES string of the molecule is Cl.O=C(NCc1cccc(Cl)c1)[C@H]1CCCCN1. The zero-order chi connectivity index (χ0) is 12.1. The van der Waals surface area contributed by atoms with Gasteiger partial charge in [-0.25, -0.2) is 0 Å². The van der Waals surface area contributed by atoms with Gasteiger partial charge in [-0.3, -0.25) is 4.79 Å². The quantitative estimate of drug-likeness (QED) is 0.897. The Morgan fingerprint density at radius 1 is 1.44 bits per heavy atom. The lowest BCUT2D eigenvalue weighted by Gasteiger charge is -2.22. The van der Waals surface area contributed by atoms with E-state index in [0.29, 0.717) is 11.6 Å². The molecule has 0 bridgehead atoms. The summed E-state index contributed by atoms with van der Waals surface area (Å²) in [5, 5.41) is 6.87. The molecule has 2 rings (SSSR count). The van der Waals surface area contributed by atoms with Crippen LogP contribution in [-0.2, 0) is 11.3 Å². The van der Waals surface area contributed by atoms with E-state index in [1.54, 1.807) is 0 Å². The molecule has 0 aromatic heterocycles. The lowest BCUT2D eigenvalue weighted by atomic mass is 10.0. The van der Waals surface area contributed by atoms with Crippen LogP contribution in [0.1, 0.15) is 24.8 Å². The van der Waals surface area contributed by atoms with E-state index in [-0.39, 0.29) is 24.4 Å². The average molecular weight is 289 g/mol. The molecule has 1 saturated heterocycles. The van der Waals surface area contributed by atoms with Gasteiger partial charge in [-0.15, -0.1) is 12.4 Å². The number of hydrogen-bond acceptors (Lipinski definition) is 2. The molecule has 0 spiro atoms. The molecule has 0 aliphatic carbocycles. The summed E-state index contributed by atoms with van der Waals surface area (Å²) in [5.41, 5.74) is 1.03. The Morgan fingerprint density at radius 3 is 2.94 bits per heavy atom. The molecule has 1 aliphatic rings. The van der Waals surface area contributed by atoms with Gasteiger partial charge in [0.2, 0.25) is 5.91 Å². The fourth-order valence-electron chi connectivity index (χ4n) is 2.03. The van der Waals surface area contributed by atoms with Crippen LogP contribution in [0.3, 0.4) is 0 Å². The van der Waals surface area contributed by atoms with Crippen LogP contribution in [0.25, 0.3) is 0 Å². The molecule has 1 aromatic carbocycles. The molecule has 18 heavy (non-hydrogen) atoms. The molecule has 1 aromatic rings. The molecule has 1 amide bonds. The summed E-state index contributed by atoms with van der Waals surface area (Å²) in [5.74, 6) is 0.0877. The normalized spacial score (nSPS) is 18.8. The molecule has 1 fully saturated rings. The Labute approximate surface area is 119 Å². The smallest absolute Gasteiger partial charge is 0.237 e. The molecule has 100 valence electrons. The van der Waals surface area contributed by atoms with E-state index < -0.39 is 0 Å². The summed E-state index contributed by atoms with van der Waals surface area (Å²) >= 11 is 5.88. The second-order valence-electron chi connectivity index (χ2n) is 4.35. The minimum atomic E-state index is -0.0251. The highest BCUT2D eigenvalue weighted by Gasteiger charge is 2.19. The summed E-state index contributed by atoms with van der Waals surface area (Å²) in [4.78, 5) is 11.8. The number of amides is 1. The first kappa shape index (κ1) is 15.3. The Hall–Kier alpha value is -0.770. The third kappa shape index (κ3) is 4.48. The minimum Gasteiger partial charge on any atom is -0.351 e. The largest absolute Gasteiger partial charge is 0.351 e. The maximum atomic E-state index is 11.8. The molecule has 0 saturated carbocycles. The Morgan fingerprint density at radius 2 is 2.28 bits per heavy atom. The first-order chi connectivity index (χ1) is 8.25. The predicted octanol–water partition coefficient (Wildman–Crippen LogP) is 2.52. The van der Waals surface area contributed by atoms with E-state index in [1.807, 2.05) is 24.3 Å². The van der Waals surface area contributed by atoms with Gasteiger partial charge < -0.3 is 10.6 Å². The van der Waals surface area contributed by atoms with Crippen LogP contribution in [0.15, 0.2) is 24.3 Å². The molecule has 2 N–H and O–H groups in total. The van der Waals surface area contributed by atoms with Crippen molar-refractivity contribution in [1.82, 2.24) is 10.6 Å². The van der Waals surface area contributed by atoms with Gasteiger partial charge in [0, 0.05) is 11.6 Å². The molecular formula is C13H18Cl2N2O. The fourth-order valence-corrected chi connectivity index (χ4v) is 2.25. The number of benzene rings is 1. The molecular weight excluding hydrogens is 271 g/mol. The van der Waals surface area contributed by atoms with Crippen LogP contribution in [0.4, 0.5) is 0 Å². The Kier molecular flexibility index (Phi) is 6.47. The van der Waals surface area contributed by atoms with Gasteiger partial charge in [0.1, 0.15) is 0 Å². The number of rotatable bonds is 3. The predicted molar refractivity (Wildman–Crippen MR) is 76.2 cm³/mol. The van der Waals surface area contributed by atoms with Gasteiger partial charge in [0.25, 0.3) is 0 Å². The van der Waals surface area contributed by atoms with Crippen molar-refractivity contribution in [3.63, 3.8) is 0 Å². The molecule has 1 heterocycles. The summed E-state index contributed by atoms with van der Waals surface area (Å²) in [7, 11) is 0. The first-order valence-electron chi connectivity index (χ1n) is 6.01. The third-order valence-electron chi connectivity index (χ3n) is 2.98. The number of nitrogens with one attached hydrogen (secondary N) is 2. The van der Waals surface area contributed by atoms with Crippen molar-refractivity contribution in [1.29, 1.82) is 0 Å². The maximum absolute atomic E-state index is 11.8. The Bertz CT molecular complexity index is 392. The van der Waals surface area contributed by atoms with Crippen molar-refractivity contribution in [2.24, 2.45) is 0 Å². The van der Waals surface area contributed by atoms with Crippen LogP contribution in [0, 0.1) is 0 Å². The van der Waals surface area contributed by atoms with Crippen LogP contribution in [-0.4, -0.2) is 18.5 Å². The second-order valence-corrected chi connectivity index (χ2v) is 4.79. The lowest BCUT2D eigenvalue weighted by molar-refractivity contribution is -0.123. The van der Waals surface area contributed by atoms with E-state index >= 15 is 0 Å². The summed E-state index contributed by atoms with van der Waals surface area (Å²) < 4.78 is 0. The summed E-state index contributed by atoms with van der Waals surface area (Å²) in [6.45, 7) is 1.48. The standard InChI is InChI=1S/C13H17ClN2O.ClH/c14-11-5-3-4-10(8-11)9-16-13(17)12-6-1-2-7-15-12;/h3-5,8,12,15H,1-2,6-7,9H2,(H,16,17);1H/t12-;/m1./s1. The fraction of sp³-hybridized carbons (Fsp3) is 0.462. The van der Waals surface area contributed by atoms with Gasteiger partial charge in [-0.2, -0.15) is 0 Å². The molecule has 5 heteroatoms. The lowest BCUT2D eigenvalue weighted by Crippen LogP contribution is -2.46. The topological polar surface area (TPSA) is 41.1 Å². The third-order valence-corrected chi connectivity index (χ3v) is 3.22. The molecule has 0 radical (unpaired) electrons. The summed E-state index contributed by atoms with van der Waals surface area (Å²) in [6.07, 6.45) is 3.22. The van der Waals surface area contributed by atoms with Gasteiger partial charge in [0.05, 0.1) is 6.04 Å². The van der Waals surface area contributed by atoms with E-state index in [1.165, 1.54) is 0 Å². The molecule has 3 nitrogen and oxygen atoms in total. The van der Waals surface area contributed by atoms with Gasteiger partial charge >= 0.3 is 0 Å². The molecule has 1 atom stereocenters. The van der Waals surface area contributed by atoms with Gasteiger partial charge in [-0.1, -0.05) is 30.2 Å².